The SMILES string of the molecule is Cc1cc2c(Cc3ccc(C)o3)n[nH]c(=O)c2c(=O)[nH]1. The normalized spacial score (nSPS) is 11.1. The van der Waals surface area contributed by atoms with E-state index in [1.54, 1.807) is 13.0 Å². The van der Waals surface area contributed by atoms with E-state index < -0.39 is 11.1 Å². The van der Waals surface area contributed by atoms with E-state index in [1.165, 1.54) is 0 Å². The Kier molecular flexibility index (Phi) is 2.78. The summed E-state index contributed by atoms with van der Waals surface area (Å²) in [6.07, 6.45) is 0.421. The highest BCUT2D eigenvalue weighted by Crippen LogP contribution is 2.16. The number of furan rings is 1. The average Bonchev–Trinajstić information content (AvgIpc) is 2.77. The summed E-state index contributed by atoms with van der Waals surface area (Å²) in [7, 11) is 0. The summed E-state index contributed by atoms with van der Waals surface area (Å²) in [5.41, 5.74) is 0.413. The first-order chi connectivity index (χ1) is 9.54. The minimum atomic E-state index is -0.486. The molecule has 0 aliphatic rings. The van der Waals surface area contributed by atoms with Gasteiger partial charge < -0.3 is 9.40 Å². The highest BCUT2D eigenvalue weighted by atomic mass is 16.3. The lowest BCUT2D eigenvalue weighted by Gasteiger charge is -2.04. The van der Waals surface area contributed by atoms with Crippen molar-refractivity contribution in [2.45, 2.75) is 20.3 Å². The Morgan fingerprint density at radius 2 is 2.00 bits per heavy atom. The van der Waals surface area contributed by atoms with Gasteiger partial charge in [0.05, 0.1) is 12.1 Å². The van der Waals surface area contributed by atoms with Gasteiger partial charge in [0, 0.05) is 11.1 Å². The molecule has 0 unspecified atom stereocenters. The lowest BCUT2D eigenvalue weighted by molar-refractivity contribution is 0.491. The van der Waals surface area contributed by atoms with Crippen LogP contribution in [0.2, 0.25) is 0 Å². The van der Waals surface area contributed by atoms with Crippen LogP contribution in [0.15, 0.2) is 32.2 Å². The molecule has 3 aromatic rings. The van der Waals surface area contributed by atoms with Crippen LogP contribution >= 0.6 is 0 Å². The van der Waals surface area contributed by atoms with Crippen molar-refractivity contribution in [3.63, 3.8) is 0 Å². The van der Waals surface area contributed by atoms with E-state index in [1.807, 2.05) is 19.1 Å². The Morgan fingerprint density at radius 3 is 2.70 bits per heavy atom. The van der Waals surface area contributed by atoms with Gasteiger partial charge in [-0.2, -0.15) is 5.10 Å². The van der Waals surface area contributed by atoms with Crippen LogP contribution in [0, 0.1) is 13.8 Å². The highest BCUT2D eigenvalue weighted by molar-refractivity contribution is 5.83. The van der Waals surface area contributed by atoms with Gasteiger partial charge in [-0.3, -0.25) is 9.59 Å². The van der Waals surface area contributed by atoms with Crippen LogP contribution < -0.4 is 11.1 Å². The maximum absolute atomic E-state index is 11.9. The predicted molar refractivity (Wildman–Crippen MR) is 74.0 cm³/mol. The lowest BCUT2D eigenvalue weighted by atomic mass is 10.1. The highest BCUT2D eigenvalue weighted by Gasteiger charge is 2.12. The van der Waals surface area contributed by atoms with Gasteiger partial charge in [-0.25, -0.2) is 5.10 Å². The van der Waals surface area contributed by atoms with Gasteiger partial charge >= 0.3 is 0 Å². The Bertz CT molecular complexity index is 902. The molecule has 102 valence electrons. The van der Waals surface area contributed by atoms with Gasteiger partial charge in [0.15, 0.2) is 0 Å². The van der Waals surface area contributed by atoms with E-state index in [9.17, 15) is 9.59 Å². The molecule has 0 aliphatic carbocycles. The third-order valence-corrected chi connectivity index (χ3v) is 3.14. The van der Waals surface area contributed by atoms with Crippen LogP contribution in [0.25, 0.3) is 10.8 Å². The van der Waals surface area contributed by atoms with Gasteiger partial charge in [0.1, 0.15) is 16.9 Å². The molecule has 0 saturated heterocycles. The van der Waals surface area contributed by atoms with Crippen molar-refractivity contribution in [3.05, 3.63) is 61.8 Å². The van der Waals surface area contributed by atoms with E-state index in [2.05, 4.69) is 15.2 Å². The number of H-pyrrole nitrogens is 2. The standard InChI is InChI=1S/C14H13N3O3/c1-7-5-10-11(6-9-4-3-8(2)20-9)16-17-14(19)12(10)13(18)15-7/h3-5H,6H2,1-2H3,(H,15,18)(H,17,19). The topological polar surface area (TPSA) is 91.8 Å². The molecule has 0 bridgehead atoms. The molecule has 0 saturated carbocycles. The maximum atomic E-state index is 11.9. The zero-order chi connectivity index (χ0) is 14.3. The summed E-state index contributed by atoms with van der Waals surface area (Å²) in [4.78, 5) is 26.3. The van der Waals surface area contributed by atoms with Crippen LogP contribution in [0.1, 0.15) is 22.9 Å². The van der Waals surface area contributed by atoms with Gasteiger partial charge in [0.2, 0.25) is 0 Å². The average molecular weight is 271 g/mol. The van der Waals surface area contributed by atoms with E-state index in [-0.39, 0.29) is 5.39 Å². The number of hydrogen-bond donors (Lipinski definition) is 2. The molecule has 3 aromatic heterocycles. The summed E-state index contributed by atoms with van der Waals surface area (Å²) in [5, 5.41) is 7.07. The number of hydrogen-bond acceptors (Lipinski definition) is 4. The number of rotatable bonds is 2. The number of aromatic nitrogens is 3. The largest absolute Gasteiger partial charge is 0.466 e. The van der Waals surface area contributed by atoms with Crippen molar-refractivity contribution in [1.29, 1.82) is 0 Å². The van der Waals surface area contributed by atoms with Crippen LogP contribution in [-0.2, 0) is 6.42 Å². The first kappa shape index (κ1) is 12.4. The number of aryl methyl sites for hydroxylation is 2. The first-order valence-corrected chi connectivity index (χ1v) is 6.21. The molecule has 2 N–H and O–H groups in total. The van der Waals surface area contributed by atoms with Crippen molar-refractivity contribution in [2.24, 2.45) is 0 Å². The Hall–Kier alpha value is -2.63. The van der Waals surface area contributed by atoms with Crippen molar-refractivity contribution in [2.75, 3.05) is 0 Å². The Labute approximate surface area is 113 Å². The van der Waals surface area contributed by atoms with E-state index in [0.717, 1.165) is 11.5 Å². The van der Waals surface area contributed by atoms with E-state index in [4.69, 9.17) is 4.42 Å². The third kappa shape index (κ3) is 2.05. The zero-order valence-corrected chi connectivity index (χ0v) is 11.1. The van der Waals surface area contributed by atoms with Gasteiger partial charge in [0.25, 0.3) is 11.1 Å². The molecule has 3 rings (SSSR count). The molecule has 0 radical (unpaired) electrons. The molecular weight excluding hydrogens is 258 g/mol. The minimum absolute atomic E-state index is 0.101. The predicted octanol–water partition coefficient (Wildman–Crippen LogP) is 1.41. The summed E-state index contributed by atoms with van der Waals surface area (Å²) >= 11 is 0. The second-order valence-corrected chi connectivity index (χ2v) is 4.76. The molecule has 20 heavy (non-hydrogen) atoms. The summed E-state index contributed by atoms with van der Waals surface area (Å²) < 4.78 is 5.51. The number of nitrogens with zero attached hydrogens (tertiary/aromatic N) is 1. The molecule has 0 spiro atoms. The van der Waals surface area contributed by atoms with Crippen LogP contribution in [-0.4, -0.2) is 15.2 Å². The monoisotopic (exact) mass is 271 g/mol. The van der Waals surface area contributed by atoms with E-state index in [0.29, 0.717) is 23.2 Å². The van der Waals surface area contributed by atoms with Crippen LogP contribution in [0.4, 0.5) is 0 Å². The molecule has 6 heteroatoms. The summed E-state index contributed by atoms with van der Waals surface area (Å²) in [6, 6.07) is 5.47. The summed E-state index contributed by atoms with van der Waals surface area (Å²) in [6.45, 7) is 3.62. The fourth-order valence-corrected chi connectivity index (χ4v) is 2.26. The number of fused-ring (bicyclic) bond motifs is 1. The smallest absolute Gasteiger partial charge is 0.277 e. The maximum Gasteiger partial charge on any atom is 0.277 e. The lowest BCUT2D eigenvalue weighted by Crippen LogP contribution is -2.21. The first-order valence-electron chi connectivity index (χ1n) is 6.21. The molecule has 0 amide bonds. The van der Waals surface area contributed by atoms with Crippen LogP contribution in [0.3, 0.4) is 0 Å². The molecule has 0 aromatic carbocycles. The fourth-order valence-electron chi connectivity index (χ4n) is 2.26. The number of pyridine rings is 1. The summed E-state index contributed by atoms with van der Waals surface area (Å²) in [5.74, 6) is 1.55. The molecular formula is C14H13N3O3. The van der Waals surface area contributed by atoms with Gasteiger partial charge in [-0.05, 0) is 32.0 Å². The molecule has 0 fully saturated rings. The van der Waals surface area contributed by atoms with E-state index >= 15 is 0 Å². The second-order valence-electron chi connectivity index (χ2n) is 4.76. The van der Waals surface area contributed by atoms with Crippen molar-refractivity contribution < 1.29 is 4.42 Å². The van der Waals surface area contributed by atoms with Crippen LogP contribution in [0.5, 0.6) is 0 Å². The van der Waals surface area contributed by atoms with Gasteiger partial charge in [-0.15, -0.1) is 0 Å². The van der Waals surface area contributed by atoms with Crippen molar-refractivity contribution in [3.8, 4) is 0 Å². The molecule has 0 aliphatic heterocycles. The number of aromatic amines is 2. The molecule has 3 heterocycles. The van der Waals surface area contributed by atoms with Crippen molar-refractivity contribution >= 4 is 10.8 Å². The zero-order valence-electron chi connectivity index (χ0n) is 11.1. The quantitative estimate of drug-likeness (QED) is 0.737. The Morgan fingerprint density at radius 1 is 1.20 bits per heavy atom. The minimum Gasteiger partial charge on any atom is -0.466 e. The fraction of sp³-hybridized carbons (Fsp3) is 0.214. The third-order valence-electron chi connectivity index (χ3n) is 3.14. The van der Waals surface area contributed by atoms with Gasteiger partial charge in [-0.1, -0.05) is 0 Å². The molecule has 6 nitrogen and oxygen atoms in total. The molecule has 0 atom stereocenters. The second kappa shape index (κ2) is 4.48. The number of nitrogens with one attached hydrogen (secondary N) is 2. The Balaban J connectivity index is 2.24. The van der Waals surface area contributed by atoms with Crippen molar-refractivity contribution in [1.82, 2.24) is 15.2 Å².